The summed E-state index contributed by atoms with van der Waals surface area (Å²) in [6.07, 6.45) is -0.496. The number of hydrogen-bond donors (Lipinski definition) is 3. The van der Waals surface area contributed by atoms with Crippen molar-refractivity contribution in [1.82, 2.24) is 5.32 Å². The Morgan fingerprint density at radius 2 is 1.61 bits per heavy atom. The van der Waals surface area contributed by atoms with Crippen LogP contribution in [0, 0.1) is 0 Å². The van der Waals surface area contributed by atoms with Crippen LogP contribution in [0.1, 0.15) is 43.6 Å². The summed E-state index contributed by atoms with van der Waals surface area (Å²) in [5, 5.41) is 13.3. The lowest BCUT2D eigenvalue weighted by molar-refractivity contribution is -0.136. The zero-order valence-corrected chi connectivity index (χ0v) is 19.8. The first kappa shape index (κ1) is 25.9. The van der Waals surface area contributed by atoms with Crippen LogP contribution in [-0.2, 0) is 20.7 Å². The van der Waals surface area contributed by atoms with E-state index in [2.05, 4.69) is 10.6 Å². The quantitative estimate of drug-likeness (QED) is 0.528. The number of carboxylic acid groups (broad SMARTS) is 1. The van der Waals surface area contributed by atoms with Gasteiger partial charge in [0.2, 0.25) is 5.12 Å². The van der Waals surface area contributed by atoms with Gasteiger partial charge < -0.3 is 15.2 Å². The lowest BCUT2D eigenvalue weighted by Gasteiger charge is -2.19. The van der Waals surface area contributed by atoms with Gasteiger partial charge in [-0.25, -0.2) is 4.79 Å². The number of ether oxygens (including phenoxy) is 1. The van der Waals surface area contributed by atoms with E-state index in [1.807, 2.05) is 0 Å². The number of aliphatic carboxylic acids is 1. The summed E-state index contributed by atoms with van der Waals surface area (Å²) in [6, 6.07) is 14.2. The molecule has 2 rings (SSSR count). The number of carbonyl (C=O) groups is 4. The van der Waals surface area contributed by atoms with Crippen molar-refractivity contribution < 1.29 is 29.0 Å². The number of nitrogens with one attached hydrogen (secondary N) is 2. The van der Waals surface area contributed by atoms with E-state index in [1.54, 1.807) is 75.4 Å². The van der Waals surface area contributed by atoms with E-state index < -0.39 is 40.0 Å². The molecule has 33 heavy (non-hydrogen) atoms. The molecule has 0 bridgehead atoms. The van der Waals surface area contributed by atoms with Crippen molar-refractivity contribution in [3.8, 4) is 0 Å². The molecule has 0 aliphatic carbocycles. The summed E-state index contributed by atoms with van der Waals surface area (Å²) in [4.78, 5) is 48.3. The number of rotatable bonds is 8. The van der Waals surface area contributed by atoms with Gasteiger partial charge >= 0.3 is 12.1 Å². The molecule has 9 heteroatoms. The molecule has 0 radical (unpaired) electrons. The molecule has 0 saturated carbocycles. The molecule has 0 fully saturated rings. The molecule has 2 amide bonds. The van der Waals surface area contributed by atoms with E-state index in [0.717, 1.165) is 0 Å². The zero-order chi connectivity index (χ0) is 24.6. The van der Waals surface area contributed by atoms with Gasteiger partial charge in [0, 0.05) is 11.3 Å². The van der Waals surface area contributed by atoms with Crippen molar-refractivity contribution in [2.45, 2.75) is 51.0 Å². The van der Waals surface area contributed by atoms with Crippen LogP contribution < -0.4 is 10.6 Å². The van der Waals surface area contributed by atoms with E-state index in [0.29, 0.717) is 28.6 Å². The zero-order valence-electron chi connectivity index (χ0n) is 19.0. The smallest absolute Gasteiger partial charge is 0.412 e. The van der Waals surface area contributed by atoms with Gasteiger partial charge in [-0.3, -0.25) is 19.7 Å². The van der Waals surface area contributed by atoms with Gasteiger partial charge in [0.15, 0.2) is 0 Å². The molecule has 3 N–H and O–H groups in total. The monoisotopic (exact) mass is 472 g/mol. The number of carbonyl (C=O) groups excluding carboxylic acids is 3. The summed E-state index contributed by atoms with van der Waals surface area (Å²) in [7, 11) is 0. The highest BCUT2D eigenvalue weighted by molar-refractivity contribution is 8.14. The first-order chi connectivity index (χ1) is 15.4. The Bertz CT molecular complexity index is 986. The molecule has 0 unspecified atom stereocenters. The number of anilines is 1. The van der Waals surface area contributed by atoms with Crippen LogP contribution in [0.2, 0.25) is 0 Å². The summed E-state index contributed by atoms with van der Waals surface area (Å²) in [6.45, 7) is 6.80. The normalized spacial score (nSPS) is 12.8. The van der Waals surface area contributed by atoms with E-state index in [4.69, 9.17) is 4.74 Å². The number of thioether (sulfide) groups is 1. The Balaban J connectivity index is 1.94. The van der Waals surface area contributed by atoms with Crippen LogP contribution in [0.4, 0.5) is 10.5 Å². The number of benzene rings is 2. The first-order valence-electron chi connectivity index (χ1n) is 10.3. The standard InChI is InChI=1S/C24H28N2O6S/c1-15(25-20(27)17-8-6-5-7-9-17)22(30)33-19(21(28)29)14-16-10-12-18(13-11-16)26-23(31)32-24(2,3)4/h5-13,15,19H,14H2,1-4H3,(H,25,27)(H,26,31)(H,28,29)/t15-,19-/m1/s1. The fourth-order valence-corrected chi connectivity index (χ4v) is 3.63. The van der Waals surface area contributed by atoms with Crippen LogP contribution in [-0.4, -0.2) is 45.1 Å². The van der Waals surface area contributed by atoms with Crippen LogP contribution in [0.15, 0.2) is 54.6 Å². The van der Waals surface area contributed by atoms with E-state index >= 15 is 0 Å². The van der Waals surface area contributed by atoms with Crippen molar-refractivity contribution in [2.24, 2.45) is 0 Å². The third kappa shape index (κ3) is 8.97. The molecular formula is C24H28N2O6S. The van der Waals surface area contributed by atoms with E-state index in [9.17, 15) is 24.3 Å². The average Bonchev–Trinajstić information content (AvgIpc) is 2.73. The fourth-order valence-electron chi connectivity index (χ4n) is 2.71. The SMILES string of the molecule is C[C@@H](NC(=O)c1ccccc1)C(=O)S[C@H](Cc1ccc(NC(=O)OC(C)(C)C)cc1)C(=O)O. The summed E-state index contributed by atoms with van der Waals surface area (Å²) in [5.74, 6) is -1.54. The van der Waals surface area contributed by atoms with Gasteiger partial charge in [-0.1, -0.05) is 42.1 Å². The number of carboxylic acids is 1. The number of hydrogen-bond acceptors (Lipinski definition) is 6. The molecule has 0 heterocycles. The Morgan fingerprint density at radius 3 is 2.15 bits per heavy atom. The maximum absolute atomic E-state index is 12.5. The molecule has 0 spiro atoms. The topological polar surface area (TPSA) is 122 Å². The molecule has 2 aromatic carbocycles. The van der Waals surface area contributed by atoms with Crippen molar-refractivity contribution in [1.29, 1.82) is 0 Å². The van der Waals surface area contributed by atoms with E-state index in [-0.39, 0.29) is 6.42 Å². The highest BCUT2D eigenvalue weighted by Gasteiger charge is 2.26. The van der Waals surface area contributed by atoms with Gasteiger partial charge in [-0.05, 0) is 63.9 Å². The van der Waals surface area contributed by atoms with Crippen molar-refractivity contribution in [3.05, 3.63) is 65.7 Å². The van der Waals surface area contributed by atoms with Crippen LogP contribution in [0.3, 0.4) is 0 Å². The Kier molecular flexibility index (Phi) is 9.04. The second kappa shape index (κ2) is 11.5. The number of amides is 2. The van der Waals surface area contributed by atoms with Crippen LogP contribution in [0.25, 0.3) is 0 Å². The Morgan fingerprint density at radius 1 is 1.00 bits per heavy atom. The van der Waals surface area contributed by atoms with Crippen molar-refractivity contribution in [3.63, 3.8) is 0 Å². The van der Waals surface area contributed by atoms with Gasteiger partial charge in [0.1, 0.15) is 10.9 Å². The highest BCUT2D eigenvalue weighted by Crippen LogP contribution is 2.21. The molecule has 2 aromatic rings. The summed E-state index contributed by atoms with van der Waals surface area (Å²) < 4.78 is 5.19. The molecule has 2 atom stereocenters. The molecular weight excluding hydrogens is 444 g/mol. The van der Waals surface area contributed by atoms with Crippen LogP contribution >= 0.6 is 11.8 Å². The minimum absolute atomic E-state index is 0.0950. The van der Waals surface area contributed by atoms with Crippen molar-refractivity contribution >= 4 is 40.5 Å². The van der Waals surface area contributed by atoms with Crippen LogP contribution in [0.5, 0.6) is 0 Å². The van der Waals surface area contributed by atoms with Crippen molar-refractivity contribution in [2.75, 3.05) is 5.32 Å². The maximum atomic E-state index is 12.5. The third-order valence-corrected chi connectivity index (χ3v) is 5.53. The largest absolute Gasteiger partial charge is 0.480 e. The Labute approximate surface area is 197 Å². The van der Waals surface area contributed by atoms with Gasteiger partial charge in [-0.2, -0.15) is 0 Å². The molecule has 8 nitrogen and oxygen atoms in total. The summed E-state index contributed by atoms with van der Waals surface area (Å²) in [5.41, 5.74) is 0.969. The predicted molar refractivity (Wildman–Crippen MR) is 127 cm³/mol. The molecule has 0 aromatic heterocycles. The fraction of sp³-hybridized carbons (Fsp3) is 0.333. The van der Waals surface area contributed by atoms with Gasteiger partial charge in [0.25, 0.3) is 5.91 Å². The van der Waals surface area contributed by atoms with Gasteiger partial charge in [0.05, 0.1) is 6.04 Å². The summed E-state index contributed by atoms with van der Waals surface area (Å²) >= 11 is 0.671. The van der Waals surface area contributed by atoms with E-state index in [1.165, 1.54) is 6.92 Å². The molecule has 0 aliphatic rings. The van der Waals surface area contributed by atoms with Gasteiger partial charge in [-0.15, -0.1) is 0 Å². The second-order valence-corrected chi connectivity index (χ2v) is 9.56. The minimum atomic E-state index is -1.13. The molecule has 0 aliphatic heterocycles. The lowest BCUT2D eigenvalue weighted by atomic mass is 10.1. The lowest BCUT2D eigenvalue weighted by Crippen LogP contribution is -2.38. The predicted octanol–water partition coefficient (Wildman–Crippen LogP) is 4.11. The minimum Gasteiger partial charge on any atom is -0.480 e. The molecule has 0 saturated heterocycles. The Hall–Kier alpha value is -3.33. The average molecular weight is 473 g/mol. The maximum Gasteiger partial charge on any atom is 0.412 e. The molecule has 176 valence electrons. The third-order valence-electron chi connectivity index (χ3n) is 4.29. The second-order valence-electron chi connectivity index (χ2n) is 8.35. The highest BCUT2D eigenvalue weighted by atomic mass is 32.2. The first-order valence-corrected chi connectivity index (χ1v) is 11.2.